The highest BCUT2D eigenvalue weighted by Crippen LogP contribution is 2.07. The van der Waals surface area contributed by atoms with Crippen LogP contribution in [0.2, 0.25) is 0 Å². The van der Waals surface area contributed by atoms with E-state index in [0.717, 1.165) is 0 Å². The van der Waals surface area contributed by atoms with E-state index in [1.165, 1.54) is 0 Å². The molecule has 6 heteroatoms. The topological polar surface area (TPSA) is 89.1 Å². The first-order valence-corrected chi connectivity index (χ1v) is 3.18. The number of nitrogens with one attached hydrogen (secondary N) is 1. The molecule has 12 heavy (non-hydrogen) atoms. The molecule has 0 aliphatic heterocycles. The molecule has 62 valence electrons. The third-order valence-electron chi connectivity index (χ3n) is 1.47. The Hall–Kier alpha value is -1.85. The molecular formula is C6H4N2O4. The van der Waals surface area contributed by atoms with Crippen molar-refractivity contribution in [2.24, 2.45) is 0 Å². The Balaban J connectivity index is 3.13. The van der Waals surface area contributed by atoms with Crippen LogP contribution in [0.3, 0.4) is 0 Å². The number of fused-ring (bicyclic) bond motifs is 1. The van der Waals surface area contributed by atoms with Gasteiger partial charge in [-0.05, 0) is 6.92 Å². The number of H-pyrrole nitrogens is 1. The van der Waals surface area contributed by atoms with E-state index in [2.05, 4.69) is 19.1 Å². The zero-order valence-corrected chi connectivity index (χ0v) is 6.08. The maximum atomic E-state index is 11.0. The normalized spacial score (nSPS) is 10.8. The summed E-state index contributed by atoms with van der Waals surface area (Å²) < 4.78 is 8.93. The molecule has 0 aromatic carbocycles. The summed E-state index contributed by atoms with van der Waals surface area (Å²) in [5, 5.41) is 3.62. The molecule has 0 aliphatic rings. The quantitative estimate of drug-likeness (QED) is 0.587. The molecule has 2 aromatic rings. The van der Waals surface area contributed by atoms with Crippen LogP contribution in [-0.4, -0.2) is 10.1 Å². The Morgan fingerprint density at radius 1 is 1.42 bits per heavy atom. The van der Waals surface area contributed by atoms with Gasteiger partial charge in [0.25, 0.3) is 0 Å². The van der Waals surface area contributed by atoms with Gasteiger partial charge < -0.3 is 8.94 Å². The van der Waals surface area contributed by atoms with E-state index in [1.807, 2.05) is 0 Å². The lowest BCUT2D eigenvalue weighted by Gasteiger charge is -1.82. The summed E-state index contributed by atoms with van der Waals surface area (Å²) in [6.45, 7) is 1.56. The molecule has 0 saturated carbocycles. The van der Waals surface area contributed by atoms with Crippen LogP contribution in [0.1, 0.15) is 5.76 Å². The van der Waals surface area contributed by atoms with Gasteiger partial charge in [-0.2, -0.15) is 0 Å². The van der Waals surface area contributed by atoms with Gasteiger partial charge in [0.2, 0.25) is 0 Å². The lowest BCUT2D eigenvalue weighted by atomic mass is 10.3. The van der Waals surface area contributed by atoms with Gasteiger partial charge in [0.05, 0.1) is 0 Å². The van der Waals surface area contributed by atoms with Crippen molar-refractivity contribution in [1.82, 2.24) is 10.1 Å². The van der Waals surface area contributed by atoms with Crippen LogP contribution in [0, 0.1) is 6.92 Å². The molecule has 0 bridgehead atoms. The molecule has 1 N–H and O–H groups in total. The van der Waals surface area contributed by atoms with Crippen molar-refractivity contribution in [2.45, 2.75) is 6.92 Å². The minimum absolute atomic E-state index is 0.119. The number of aromatic nitrogens is 2. The lowest BCUT2D eigenvalue weighted by molar-refractivity contribution is 0.404. The zero-order valence-electron chi connectivity index (χ0n) is 6.08. The van der Waals surface area contributed by atoms with Crippen molar-refractivity contribution in [3.05, 3.63) is 26.7 Å². The highest BCUT2D eigenvalue weighted by Gasteiger charge is 2.10. The third kappa shape index (κ3) is 0.777. The van der Waals surface area contributed by atoms with E-state index in [4.69, 9.17) is 0 Å². The summed E-state index contributed by atoms with van der Waals surface area (Å²) in [5.74, 6) is -0.504. The lowest BCUT2D eigenvalue weighted by Crippen LogP contribution is -2.14. The average molecular weight is 168 g/mol. The molecule has 6 nitrogen and oxygen atoms in total. The molecule has 2 aromatic heterocycles. The minimum Gasteiger partial charge on any atom is -0.372 e. The minimum atomic E-state index is -0.833. The SMILES string of the molecule is Cc1onc2[nH]c(=O)oc(=O)c12. The predicted molar refractivity (Wildman–Crippen MR) is 37.9 cm³/mol. The van der Waals surface area contributed by atoms with Gasteiger partial charge in [-0.1, -0.05) is 5.16 Å². The van der Waals surface area contributed by atoms with Crippen molar-refractivity contribution >= 4 is 11.0 Å². The van der Waals surface area contributed by atoms with Gasteiger partial charge in [-0.15, -0.1) is 0 Å². The van der Waals surface area contributed by atoms with E-state index < -0.39 is 11.4 Å². The molecule has 2 rings (SSSR count). The second-order valence-corrected chi connectivity index (χ2v) is 2.26. The fourth-order valence-electron chi connectivity index (χ4n) is 0.955. The van der Waals surface area contributed by atoms with Crippen molar-refractivity contribution in [2.75, 3.05) is 0 Å². The van der Waals surface area contributed by atoms with Crippen molar-refractivity contribution in [3.8, 4) is 0 Å². The summed E-state index contributed by atoms with van der Waals surface area (Å²) in [4.78, 5) is 23.8. The molecule has 0 amide bonds. The highest BCUT2D eigenvalue weighted by molar-refractivity contribution is 5.74. The van der Waals surface area contributed by atoms with Gasteiger partial charge in [0, 0.05) is 0 Å². The van der Waals surface area contributed by atoms with E-state index in [-0.39, 0.29) is 11.0 Å². The smallest absolute Gasteiger partial charge is 0.372 e. The first-order chi connectivity index (χ1) is 5.68. The van der Waals surface area contributed by atoms with E-state index >= 15 is 0 Å². The average Bonchev–Trinajstić information content (AvgIpc) is 2.31. The van der Waals surface area contributed by atoms with Gasteiger partial charge in [-0.3, -0.25) is 4.98 Å². The summed E-state index contributed by atoms with van der Waals surface area (Å²) in [6.07, 6.45) is 0. The van der Waals surface area contributed by atoms with Crippen LogP contribution in [0.4, 0.5) is 0 Å². The van der Waals surface area contributed by atoms with Crippen molar-refractivity contribution < 1.29 is 8.94 Å². The Kier molecular flexibility index (Phi) is 1.18. The molecule has 0 fully saturated rings. The maximum absolute atomic E-state index is 11.0. The van der Waals surface area contributed by atoms with Crippen molar-refractivity contribution in [3.63, 3.8) is 0 Å². The van der Waals surface area contributed by atoms with Crippen molar-refractivity contribution in [1.29, 1.82) is 0 Å². The molecular weight excluding hydrogens is 164 g/mol. The van der Waals surface area contributed by atoms with Crippen LogP contribution < -0.4 is 11.4 Å². The standard InChI is InChI=1S/C6H4N2O4/c1-2-3-4(8-12-2)7-6(10)11-5(3)9/h1H3,(H,7,8,10). The number of aromatic amines is 1. The number of aryl methyl sites for hydroxylation is 1. The van der Waals surface area contributed by atoms with Gasteiger partial charge in [0.15, 0.2) is 11.4 Å². The van der Waals surface area contributed by atoms with E-state index in [1.54, 1.807) is 6.92 Å². The molecule has 0 saturated heterocycles. The Bertz CT molecular complexity index is 532. The van der Waals surface area contributed by atoms with Gasteiger partial charge >= 0.3 is 11.4 Å². The molecule has 0 spiro atoms. The summed E-state index contributed by atoms with van der Waals surface area (Å²) in [5.41, 5.74) is -0.610. The van der Waals surface area contributed by atoms with Crippen LogP contribution in [0.15, 0.2) is 18.5 Å². The monoisotopic (exact) mass is 168 g/mol. The highest BCUT2D eigenvalue weighted by atomic mass is 16.5. The summed E-state index contributed by atoms with van der Waals surface area (Å²) in [7, 11) is 0. The fourth-order valence-corrected chi connectivity index (χ4v) is 0.955. The Morgan fingerprint density at radius 3 is 2.92 bits per heavy atom. The second-order valence-electron chi connectivity index (χ2n) is 2.26. The number of hydrogen-bond acceptors (Lipinski definition) is 5. The first kappa shape index (κ1) is 6.84. The maximum Gasteiger partial charge on any atom is 0.420 e. The Labute approximate surface area is 64.8 Å². The number of rotatable bonds is 0. The second kappa shape index (κ2) is 2.07. The van der Waals surface area contributed by atoms with E-state index in [9.17, 15) is 9.59 Å². The van der Waals surface area contributed by atoms with Gasteiger partial charge in [-0.25, -0.2) is 9.59 Å². The zero-order chi connectivity index (χ0) is 8.72. The van der Waals surface area contributed by atoms with Crippen LogP contribution in [-0.2, 0) is 0 Å². The fraction of sp³-hybridized carbons (Fsp3) is 0.167. The van der Waals surface area contributed by atoms with Crippen LogP contribution >= 0.6 is 0 Å². The summed E-state index contributed by atoms with van der Waals surface area (Å²) >= 11 is 0. The number of hydrogen-bond donors (Lipinski definition) is 1. The van der Waals surface area contributed by atoms with Gasteiger partial charge in [0.1, 0.15) is 5.39 Å². The molecule has 0 radical (unpaired) electrons. The van der Waals surface area contributed by atoms with E-state index in [0.29, 0.717) is 5.76 Å². The first-order valence-electron chi connectivity index (χ1n) is 3.18. The Morgan fingerprint density at radius 2 is 2.17 bits per heavy atom. The van der Waals surface area contributed by atoms with Crippen LogP contribution in [0.25, 0.3) is 11.0 Å². The summed E-state index contributed by atoms with van der Waals surface area (Å²) in [6, 6.07) is 0. The third-order valence-corrected chi connectivity index (χ3v) is 1.47. The molecule has 0 aliphatic carbocycles. The largest absolute Gasteiger partial charge is 0.420 e. The molecule has 0 atom stereocenters. The molecule has 2 heterocycles. The number of nitrogens with zero attached hydrogens (tertiary/aromatic N) is 1. The predicted octanol–water partition coefficient (Wildman–Crippen LogP) is -0.222. The molecule has 0 unspecified atom stereocenters. The van der Waals surface area contributed by atoms with Crippen LogP contribution in [0.5, 0.6) is 0 Å².